The molecule has 1 aromatic heterocycles. The number of likely N-dealkylation sites (tertiary alicyclic amines) is 1. The molecule has 0 bridgehead atoms. The number of piperidine rings is 1. The fourth-order valence-corrected chi connectivity index (χ4v) is 5.70. The molecule has 0 radical (unpaired) electrons. The van der Waals surface area contributed by atoms with Gasteiger partial charge in [0.05, 0.1) is 12.7 Å². The monoisotopic (exact) mass is 349 g/mol. The molecule has 0 spiro atoms. The fraction of sp³-hybridized carbons (Fsp3) is 0.800. The first-order chi connectivity index (χ1) is 11.8. The van der Waals surface area contributed by atoms with E-state index in [1.807, 2.05) is 11.3 Å². The second kappa shape index (κ2) is 7.86. The molecule has 134 valence electrons. The average molecular weight is 350 g/mol. The Labute approximate surface area is 150 Å². The first kappa shape index (κ1) is 17.0. The van der Waals surface area contributed by atoms with Crippen molar-refractivity contribution < 1.29 is 9.47 Å². The molecule has 3 nitrogen and oxygen atoms in total. The predicted molar refractivity (Wildman–Crippen MR) is 98.4 cm³/mol. The van der Waals surface area contributed by atoms with Crippen LogP contribution in [0.5, 0.6) is 0 Å². The van der Waals surface area contributed by atoms with Gasteiger partial charge in [0, 0.05) is 43.1 Å². The van der Waals surface area contributed by atoms with E-state index in [9.17, 15) is 0 Å². The molecular formula is C20H31NO2S. The summed E-state index contributed by atoms with van der Waals surface area (Å²) in [4.78, 5) is 4.11. The van der Waals surface area contributed by atoms with Crippen molar-refractivity contribution in [1.29, 1.82) is 0 Å². The number of fused-ring (bicyclic) bond motifs is 1. The number of rotatable bonds is 6. The minimum atomic E-state index is 0.229. The zero-order chi connectivity index (χ0) is 16.2. The Bertz CT molecular complexity index is 500. The van der Waals surface area contributed by atoms with E-state index >= 15 is 0 Å². The van der Waals surface area contributed by atoms with Crippen LogP contribution in [-0.2, 0) is 16.0 Å². The molecule has 2 aliphatic heterocycles. The van der Waals surface area contributed by atoms with Gasteiger partial charge in [-0.2, -0.15) is 0 Å². The van der Waals surface area contributed by atoms with Gasteiger partial charge in [-0.15, -0.1) is 11.3 Å². The van der Waals surface area contributed by atoms with Gasteiger partial charge in [-0.3, -0.25) is 4.90 Å². The van der Waals surface area contributed by atoms with Crippen LogP contribution in [-0.4, -0.2) is 43.9 Å². The number of ether oxygens (including phenoxy) is 2. The van der Waals surface area contributed by atoms with Crippen molar-refractivity contribution in [2.75, 3.05) is 32.9 Å². The highest BCUT2D eigenvalue weighted by Crippen LogP contribution is 2.41. The average Bonchev–Trinajstić information content (AvgIpc) is 3.28. The summed E-state index contributed by atoms with van der Waals surface area (Å²) in [6.07, 6.45) is 9.58. The zero-order valence-corrected chi connectivity index (χ0v) is 15.6. The summed E-state index contributed by atoms with van der Waals surface area (Å²) in [6.45, 7) is 6.20. The van der Waals surface area contributed by atoms with Gasteiger partial charge in [0.1, 0.15) is 0 Å². The van der Waals surface area contributed by atoms with Crippen LogP contribution in [0.1, 0.15) is 49.8 Å². The maximum Gasteiger partial charge on any atom is 0.0677 e. The van der Waals surface area contributed by atoms with Crippen LogP contribution in [0, 0.1) is 11.3 Å². The second-order valence-electron chi connectivity index (χ2n) is 8.07. The summed E-state index contributed by atoms with van der Waals surface area (Å²) in [5.74, 6) is 0.815. The van der Waals surface area contributed by atoms with E-state index in [4.69, 9.17) is 9.47 Å². The van der Waals surface area contributed by atoms with E-state index in [1.165, 1.54) is 43.4 Å². The lowest BCUT2D eigenvalue weighted by Crippen LogP contribution is -2.56. The van der Waals surface area contributed by atoms with Crippen LogP contribution in [0.2, 0.25) is 0 Å². The third-order valence-corrected chi connectivity index (χ3v) is 7.11. The molecule has 3 fully saturated rings. The Morgan fingerprint density at radius 2 is 2.17 bits per heavy atom. The second-order valence-corrected chi connectivity index (χ2v) is 9.10. The Morgan fingerprint density at radius 3 is 3.00 bits per heavy atom. The van der Waals surface area contributed by atoms with Gasteiger partial charge in [0.15, 0.2) is 0 Å². The molecule has 1 saturated carbocycles. The summed E-state index contributed by atoms with van der Waals surface area (Å²) >= 11 is 1.88. The summed E-state index contributed by atoms with van der Waals surface area (Å²) in [7, 11) is 0. The minimum Gasteiger partial charge on any atom is -0.380 e. The number of hydrogen-bond donors (Lipinski definition) is 0. The van der Waals surface area contributed by atoms with Crippen molar-refractivity contribution in [3.05, 3.63) is 22.4 Å². The van der Waals surface area contributed by atoms with Crippen LogP contribution < -0.4 is 0 Å². The van der Waals surface area contributed by atoms with E-state index in [-0.39, 0.29) is 5.41 Å². The normalized spacial score (nSPS) is 32.1. The zero-order valence-electron chi connectivity index (χ0n) is 14.8. The standard InChI is InChI=1S/C20H31NO2S/c1-2-6-17(5-1)14-22-16-20-9-4-11-23-19(20)8-10-21(15-20)13-18-7-3-12-24-18/h3,7,12,17,19H,1-2,4-6,8-11,13-16H2/t19-,20-/m0/s1. The molecule has 24 heavy (non-hydrogen) atoms. The SMILES string of the molecule is c1csc(CN2CC[C@@H]3OCCC[C@@]3(COCC3CCCC3)C2)c1. The molecule has 4 rings (SSSR count). The molecule has 4 heteroatoms. The maximum absolute atomic E-state index is 6.30. The highest BCUT2D eigenvalue weighted by Gasteiger charge is 2.46. The van der Waals surface area contributed by atoms with Gasteiger partial charge in [-0.1, -0.05) is 18.9 Å². The highest BCUT2D eigenvalue weighted by molar-refractivity contribution is 7.09. The van der Waals surface area contributed by atoms with Crippen molar-refractivity contribution in [2.24, 2.45) is 11.3 Å². The summed E-state index contributed by atoms with van der Waals surface area (Å²) < 4.78 is 12.5. The molecule has 3 heterocycles. The Morgan fingerprint density at radius 1 is 1.25 bits per heavy atom. The molecule has 1 aromatic rings. The molecule has 1 aliphatic carbocycles. The fourth-order valence-electron chi connectivity index (χ4n) is 4.96. The lowest BCUT2D eigenvalue weighted by atomic mass is 9.73. The third-order valence-electron chi connectivity index (χ3n) is 6.24. The smallest absolute Gasteiger partial charge is 0.0677 e. The van der Waals surface area contributed by atoms with Gasteiger partial charge in [-0.25, -0.2) is 0 Å². The third kappa shape index (κ3) is 3.87. The van der Waals surface area contributed by atoms with Crippen molar-refractivity contribution in [3.8, 4) is 0 Å². The lowest BCUT2D eigenvalue weighted by molar-refractivity contribution is -0.155. The van der Waals surface area contributed by atoms with Crippen molar-refractivity contribution in [2.45, 2.75) is 57.6 Å². The first-order valence-corrected chi connectivity index (χ1v) is 10.7. The van der Waals surface area contributed by atoms with Crippen molar-refractivity contribution in [1.82, 2.24) is 4.90 Å². The van der Waals surface area contributed by atoms with E-state index in [2.05, 4.69) is 22.4 Å². The van der Waals surface area contributed by atoms with E-state index in [0.29, 0.717) is 6.10 Å². The Balaban J connectivity index is 1.37. The molecule has 2 saturated heterocycles. The molecule has 0 aromatic carbocycles. The molecule has 3 aliphatic rings. The van der Waals surface area contributed by atoms with Gasteiger partial charge in [0.2, 0.25) is 0 Å². The molecule has 0 N–H and O–H groups in total. The molecule has 0 amide bonds. The molecular weight excluding hydrogens is 318 g/mol. The Hall–Kier alpha value is -0.420. The maximum atomic E-state index is 6.30. The van der Waals surface area contributed by atoms with Gasteiger partial charge in [-0.05, 0) is 49.5 Å². The van der Waals surface area contributed by atoms with Crippen molar-refractivity contribution in [3.63, 3.8) is 0 Å². The van der Waals surface area contributed by atoms with Gasteiger partial charge in [0.25, 0.3) is 0 Å². The largest absolute Gasteiger partial charge is 0.380 e. The highest BCUT2D eigenvalue weighted by atomic mass is 32.1. The van der Waals surface area contributed by atoms with E-state index < -0.39 is 0 Å². The number of thiophene rings is 1. The summed E-state index contributed by atoms with van der Waals surface area (Å²) in [5, 5.41) is 2.19. The number of nitrogens with zero attached hydrogens (tertiary/aromatic N) is 1. The summed E-state index contributed by atoms with van der Waals surface area (Å²) in [5.41, 5.74) is 0.229. The minimum absolute atomic E-state index is 0.229. The van der Waals surface area contributed by atoms with Gasteiger partial charge < -0.3 is 9.47 Å². The Kier molecular flexibility index (Phi) is 5.57. The van der Waals surface area contributed by atoms with Crippen LogP contribution in [0.4, 0.5) is 0 Å². The van der Waals surface area contributed by atoms with Crippen molar-refractivity contribution >= 4 is 11.3 Å². The van der Waals surface area contributed by atoms with E-state index in [1.54, 1.807) is 0 Å². The van der Waals surface area contributed by atoms with Crippen LogP contribution in [0.15, 0.2) is 17.5 Å². The topological polar surface area (TPSA) is 21.7 Å². The first-order valence-electron chi connectivity index (χ1n) is 9.78. The molecule has 0 unspecified atom stereocenters. The molecule has 2 atom stereocenters. The predicted octanol–water partition coefficient (Wildman–Crippen LogP) is 4.33. The number of hydrogen-bond acceptors (Lipinski definition) is 4. The summed E-state index contributed by atoms with van der Waals surface area (Å²) in [6, 6.07) is 4.42. The van der Waals surface area contributed by atoms with Crippen LogP contribution in [0.3, 0.4) is 0 Å². The van der Waals surface area contributed by atoms with E-state index in [0.717, 1.165) is 51.8 Å². The van der Waals surface area contributed by atoms with Gasteiger partial charge >= 0.3 is 0 Å². The van der Waals surface area contributed by atoms with Crippen LogP contribution in [0.25, 0.3) is 0 Å². The van der Waals surface area contributed by atoms with Crippen LogP contribution >= 0.6 is 11.3 Å². The lowest BCUT2D eigenvalue weighted by Gasteiger charge is -2.50. The quantitative estimate of drug-likeness (QED) is 0.763.